The third-order valence-electron chi connectivity index (χ3n) is 3.58. The minimum absolute atomic E-state index is 0.196. The number of imide groups is 1. The number of aryl methyl sites for hydroxylation is 1. The molecule has 3 N–H and O–H groups in total. The Labute approximate surface area is 123 Å². The summed E-state index contributed by atoms with van der Waals surface area (Å²) < 4.78 is 0. The molecule has 1 aliphatic rings. The summed E-state index contributed by atoms with van der Waals surface area (Å²) >= 11 is 0. The second-order valence-corrected chi connectivity index (χ2v) is 5.19. The Balaban J connectivity index is 1.85. The number of anilines is 1. The molecular weight excluding hydrogens is 270 g/mol. The highest BCUT2D eigenvalue weighted by Gasteiger charge is 2.32. The Morgan fingerprint density at radius 2 is 2.19 bits per heavy atom. The van der Waals surface area contributed by atoms with Crippen LogP contribution in [0.4, 0.5) is 5.69 Å². The number of nitrogen functional groups attached to an aromatic ring is 1. The van der Waals surface area contributed by atoms with Gasteiger partial charge in [-0.1, -0.05) is 12.1 Å². The van der Waals surface area contributed by atoms with Crippen molar-refractivity contribution < 1.29 is 14.4 Å². The molecule has 1 aliphatic heterocycles. The Hall–Kier alpha value is -2.37. The van der Waals surface area contributed by atoms with Gasteiger partial charge in [-0.15, -0.1) is 0 Å². The van der Waals surface area contributed by atoms with Crippen molar-refractivity contribution in [3.8, 4) is 0 Å². The van der Waals surface area contributed by atoms with E-state index >= 15 is 0 Å². The lowest BCUT2D eigenvalue weighted by atomic mass is 10.0. The first-order valence-corrected chi connectivity index (χ1v) is 6.91. The summed E-state index contributed by atoms with van der Waals surface area (Å²) in [6, 6.07) is 6.76. The van der Waals surface area contributed by atoms with Crippen LogP contribution in [0.25, 0.3) is 0 Å². The van der Waals surface area contributed by atoms with Gasteiger partial charge in [-0.25, -0.2) is 0 Å². The summed E-state index contributed by atoms with van der Waals surface area (Å²) in [5.74, 6) is -0.743. The molecule has 0 bridgehead atoms. The first-order chi connectivity index (χ1) is 9.97. The summed E-state index contributed by atoms with van der Waals surface area (Å²) in [5.41, 5.74) is 7.32. The summed E-state index contributed by atoms with van der Waals surface area (Å²) in [7, 11) is 1.44. The smallest absolute Gasteiger partial charge is 0.251 e. The third-order valence-corrected chi connectivity index (χ3v) is 3.58. The molecule has 3 amide bonds. The van der Waals surface area contributed by atoms with E-state index in [1.807, 2.05) is 18.2 Å². The molecule has 0 aliphatic carbocycles. The Bertz CT molecular complexity index is 571. The number of amides is 3. The fourth-order valence-corrected chi connectivity index (χ4v) is 2.32. The van der Waals surface area contributed by atoms with Crippen LogP contribution in [0.15, 0.2) is 24.3 Å². The molecule has 0 aromatic heterocycles. The average Bonchev–Trinajstić information content (AvgIpc) is 2.46. The van der Waals surface area contributed by atoms with E-state index in [2.05, 4.69) is 5.32 Å². The van der Waals surface area contributed by atoms with Gasteiger partial charge in [0.2, 0.25) is 11.8 Å². The van der Waals surface area contributed by atoms with E-state index in [1.54, 1.807) is 6.07 Å². The molecule has 21 heavy (non-hydrogen) atoms. The number of likely N-dealkylation sites (N-methyl/N-ethyl adjacent to an activating group) is 1. The van der Waals surface area contributed by atoms with Crippen molar-refractivity contribution in [1.29, 1.82) is 0 Å². The molecule has 1 aromatic rings. The van der Waals surface area contributed by atoms with Crippen molar-refractivity contribution in [1.82, 2.24) is 10.2 Å². The maximum atomic E-state index is 11.9. The number of benzene rings is 1. The van der Waals surface area contributed by atoms with Gasteiger partial charge in [0.05, 0.1) is 0 Å². The second kappa shape index (κ2) is 6.39. The van der Waals surface area contributed by atoms with Crippen molar-refractivity contribution in [2.75, 3.05) is 12.8 Å². The quantitative estimate of drug-likeness (QED) is 0.622. The second-order valence-electron chi connectivity index (χ2n) is 5.19. The van der Waals surface area contributed by atoms with E-state index in [0.717, 1.165) is 10.5 Å². The summed E-state index contributed by atoms with van der Waals surface area (Å²) in [4.78, 5) is 36.2. The van der Waals surface area contributed by atoms with E-state index in [1.165, 1.54) is 7.05 Å². The van der Waals surface area contributed by atoms with Gasteiger partial charge in [0.1, 0.15) is 6.04 Å². The van der Waals surface area contributed by atoms with Gasteiger partial charge >= 0.3 is 0 Å². The summed E-state index contributed by atoms with van der Waals surface area (Å²) in [6.45, 7) is 0. The zero-order valence-electron chi connectivity index (χ0n) is 12.0. The predicted octanol–water partition coefficient (Wildman–Crippen LogP) is 0.465. The highest BCUT2D eigenvalue weighted by atomic mass is 16.2. The van der Waals surface area contributed by atoms with Crippen LogP contribution < -0.4 is 11.1 Å². The van der Waals surface area contributed by atoms with Crippen LogP contribution in [-0.2, 0) is 20.8 Å². The molecule has 6 nitrogen and oxygen atoms in total. The molecule has 1 heterocycles. The Morgan fingerprint density at radius 1 is 1.43 bits per heavy atom. The van der Waals surface area contributed by atoms with Gasteiger partial charge in [-0.05, 0) is 30.5 Å². The maximum Gasteiger partial charge on any atom is 0.251 e. The summed E-state index contributed by atoms with van der Waals surface area (Å²) in [5, 5.41) is 2.69. The predicted molar refractivity (Wildman–Crippen MR) is 78.1 cm³/mol. The lowest BCUT2D eigenvalue weighted by Crippen LogP contribution is -2.52. The lowest BCUT2D eigenvalue weighted by Gasteiger charge is -2.28. The van der Waals surface area contributed by atoms with Gasteiger partial charge < -0.3 is 11.1 Å². The van der Waals surface area contributed by atoms with Crippen molar-refractivity contribution in [2.45, 2.75) is 31.7 Å². The minimum atomic E-state index is -0.596. The fourth-order valence-electron chi connectivity index (χ4n) is 2.32. The molecule has 0 saturated carbocycles. The van der Waals surface area contributed by atoms with Crippen molar-refractivity contribution >= 4 is 23.4 Å². The van der Waals surface area contributed by atoms with Crippen molar-refractivity contribution in [2.24, 2.45) is 0 Å². The molecule has 112 valence electrons. The average molecular weight is 289 g/mol. The number of hydrogen-bond donors (Lipinski definition) is 2. The molecule has 1 fully saturated rings. The van der Waals surface area contributed by atoms with Crippen LogP contribution in [0, 0.1) is 0 Å². The highest BCUT2D eigenvalue weighted by Crippen LogP contribution is 2.12. The van der Waals surface area contributed by atoms with Crippen molar-refractivity contribution in [3.63, 3.8) is 0 Å². The zero-order valence-corrected chi connectivity index (χ0v) is 12.0. The number of nitrogens with two attached hydrogens (primary N) is 1. The number of piperidine rings is 1. The van der Waals surface area contributed by atoms with E-state index in [9.17, 15) is 14.4 Å². The molecule has 0 radical (unpaired) electrons. The normalized spacial score (nSPS) is 18.7. The first-order valence-electron chi connectivity index (χ1n) is 6.91. The molecule has 1 unspecified atom stereocenters. The zero-order chi connectivity index (χ0) is 15.4. The van der Waals surface area contributed by atoms with Gasteiger partial charge in [0.25, 0.3) is 5.91 Å². The monoisotopic (exact) mass is 289 g/mol. The van der Waals surface area contributed by atoms with Gasteiger partial charge in [-0.2, -0.15) is 0 Å². The van der Waals surface area contributed by atoms with Crippen LogP contribution in [-0.4, -0.2) is 35.7 Å². The third kappa shape index (κ3) is 3.81. The molecule has 1 saturated heterocycles. The molecule has 1 aromatic carbocycles. The van der Waals surface area contributed by atoms with Crippen LogP contribution in [0.5, 0.6) is 0 Å². The molecule has 2 rings (SSSR count). The molecule has 0 spiro atoms. The van der Waals surface area contributed by atoms with E-state index in [4.69, 9.17) is 5.73 Å². The number of nitrogens with one attached hydrogen (secondary N) is 1. The SMILES string of the molecule is CN1C(=O)CCC(NC(=O)CCc2cccc(N)c2)C1=O. The topological polar surface area (TPSA) is 92.5 Å². The standard InChI is InChI=1S/C15H19N3O3/c1-18-14(20)8-6-12(15(18)21)17-13(19)7-5-10-3-2-4-11(16)9-10/h2-4,9,12H,5-8,16H2,1H3,(H,17,19). The molecule has 1 atom stereocenters. The van der Waals surface area contributed by atoms with Crippen LogP contribution in [0.1, 0.15) is 24.8 Å². The number of likely N-dealkylation sites (tertiary alicyclic amines) is 1. The van der Waals surface area contributed by atoms with Gasteiger partial charge in [-0.3, -0.25) is 19.3 Å². The van der Waals surface area contributed by atoms with Crippen molar-refractivity contribution in [3.05, 3.63) is 29.8 Å². The van der Waals surface area contributed by atoms with Crippen LogP contribution in [0.2, 0.25) is 0 Å². The van der Waals surface area contributed by atoms with Crippen LogP contribution >= 0.6 is 0 Å². The molecular formula is C15H19N3O3. The number of carbonyl (C=O) groups excluding carboxylic acids is 3. The number of nitrogens with zero attached hydrogens (tertiary/aromatic N) is 1. The number of carbonyl (C=O) groups is 3. The molecule has 6 heteroatoms. The Morgan fingerprint density at radius 3 is 2.90 bits per heavy atom. The number of hydrogen-bond acceptors (Lipinski definition) is 4. The summed E-state index contributed by atoms with van der Waals surface area (Å²) in [6.07, 6.45) is 1.49. The first kappa shape index (κ1) is 15.0. The lowest BCUT2D eigenvalue weighted by molar-refractivity contribution is -0.149. The van der Waals surface area contributed by atoms with E-state index < -0.39 is 6.04 Å². The number of rotatable bonds is 4. The Kier molecular flexibility index (Phi) is 4.57. The van der Waals surface area contributed by atoms with Gasteiger partial charge in [0, 0.05) is 25.6 Å². The highest BCUT2D eigenvalue weighted by molar-refractivity contribution is 6.01. The fraction of sp³-hybridized carbons (Fsp3) is 0.400. The van der Waals surface area contributed by atoms with Gasteiger partial charge in [0.15, 0.2) is 0 Å². The maximum absolute atomic E-state index is 11.9. The largest absolute Gasteiger partial charge is 0.399 e. The minimum Gasteiger partial charge on any atom is -0.399 e. The van der Waals surface area contributed by atoms with E-state index in [0.29, 0.717) is 18.5 Å². The van der Waals surface area contributed by atoms with Crippen LogP contribution in [0.3, 0.4) is 0 Å². The van der Waals surface area contributed by atoms with E-state index in [-0.39, 0.29) is 30.6 Å².